The third kappa shape index (κ3) is 2.09. The highest BCUT2D eigenvalue weighted by Crippen LogP contribution is 2.28. The molecule has 94 valence electrons. The van der Waals surface area contributed by atoms with Crippen LogP contribution in [-0.2, 0) is 0 Å². The second kappa shape index (κ2) is 4.52. The van der Waals surface area contributed by atoms with Gasteiger partial charge in [0.1, 0.15) is 6.10 Å². The number of β-amino-alcohol motifs (C(OH)–C–C–N with tert-alkyl or cyclic N) is 1. The molecule has 0 saturated carbocycles. The summed E-state index contributed by atoms with van der Waals surface area (Å²) in [6.45, 7) is 2.63. The monoisotopic (exact) mass is 237 g/mol. The minimum Gasteiger partial charge on any atom is -0.399 e. The van der Waals surface area contributed by atoms with E-state index in [0.29, 0.717) is 13.1 Å². The Morgan fingerprint density at radius 1 is 1.41 bits per heavy atom. The van der Waals surface area contributed by atoms with Crippen LogP contribution >= 0.6 is 0 Å². The molecule has 1 aliphatic heterocycles. The lowest BCUT2D eigenvalue weighted by Crippen LogP contribution is -2.42. The Balaban J connectivity index is 2.30. The number of rotatable bonds is 2. The fraction of sp³-hybridized carbons (Fsp3) is 0.500. The maximum absolute atomic E-state index is 9.82. The van der Waals surface area contributed by atoms with Crippen LogP contribution in [0.4, 0.5) is 11.4 Å². The van der Waals surface area contributed by atoms with Crippen molar-refractivity contribution < 1.29 is 10.2 Å². The lowest BCUT2D eigenvalue weighted by Gasteiger charge is -2.27. The first kappa shape index (κ1) is 12.2. The van der Waals surface area contributed by atoms with Crippen LogP contribution in [0, 0.1) is 6.92 Å². The third-order valence-electron chi connectivity index (χ3n) is 3.40. The van der Waals surface area contributed by atoms with Crippen LogP contribution in [0.25, 0.3) is 0 Å². The highest BCUT2D eigenvalue weighted by molar-refractivity contribution is 5.59. The molecule has 0 aliphatic carbocycles. The van der Waals surface area contributed by atoms with Crippen molar-refractivity contribution in [1.29, 1.82) is 0 Å². The summed E-state index contributed by atoms with van der Waals surface area (Å²) in [5, 5.41) is 19.5. The van der Waals surface area contributed by atoms with E-state index in [4.69, 9.17) is 11.5 Å². The van der Waals surface area contributed by atoms with E-state index in [1.54, 1.807) is 0 Å². The first-order chi connectivity index (χ1) is 8.04. The number of aliphatic hydroxyl groups is 2. The van der Waals surface area contributed by atoms with Gasteiger partial charge in [-0.2, -0.15) is 0 Å². The standard InChI is InChI=1S/C12H19N3O2/c1-7-4-8(2-3-9(7)14)15-6-11(16)12(17)10(15)5-13/h2-4,10-12,16-17H,5-6,13-14H2,1H3. The summed E-state index contributed by atoms with van der Waals surface area (Å²) >= 11 is 0. The van der Waals surface area contributed by atoms with Crippen molar-refractivity contribution in [2.75, 3.05) is 23.7 Å². The number of aliphatic hydroxyl groups excluding tert-OH is 2. The Bertz CT molecular complexity index is 411. The van der Waals surface area contributed by atoms with Crippen molar-refractivity contribution in [2.24, 2.45) is 5.73 Å². The molecule has 17 heavy (non-hydrogen) atoms. The van der Waals surface area contributed by atoms with Gasteiger partial charge in [0.2, 0.25) is 0 Å². The summed E-state index contributed by atoms with van der Waals surface area (Å²) in [4.78, 5) is 1.93. The van der Waals surface area contributed by atoms with Gasteiger partial charge < -0.3 is 26.6 Å². The van der Waals surface area contributed by atoms with E-state index < -0.39 is 12.2 Å². The predicted octanol–water partition coefficient (Wildman–Crippen LogP) is -0.554. The second-order valence-corrected chi connectivity index (χ2v) is 4.55. The Morgan fingerprint density at radius 3 is 2.71 bits per heavy atom. The molecule has 0 bridgehead atoms. The normalized spacial score (nSPS) is 28.7. The van der Waals surface area contributed by atoms with Crippen LogP contribution < -0.4 is 16.4 Å². The first-order valence-electron chi connectivity index (χ1n) is 5.73. The van der Waals surface area contributed by atoms with Crippen molar-refractivity contribution in [2.45, 2.75) is 25.2 Å². The maximum Gasteiger partial charge on any atom is 0.103 e. The zero-order valence-corrected chi connectivity index (χ0v) is 9.87. The van der Waals surface area contributed by atoms with Crippen molar-refractivity contribution in [1.82, 2.24) is 0 Å². The van der Waals surface area contributed by atoms with Gasteiger partial charge in [-0.05, 0) is 30.7 Å². The molecule has 1 fully saturated rings. The predicted molar refractivity (Wildman–Crippen MR) is 67.8 cm³/mol. The fourth-order valence-electron chi connectivity index (χ4n) is 2.29. The molecular weight excluding hydrogens is 218 g/mol. The Morgan fingerprint density at radius 2 is 2.12 bits per heavy atom. The summed E-state index contributed by atoms with van der Waals surface area (Å²) in [6.07, 6.45) is -1.54. The first-order valence-corrected chi connectivity index (χ1v) is 5.73. The van der Waals surface area contributed by atoms with E-state index in [-0.39, 0.29) is 6.04 Å². The quantitative estimate of drug-likeness (QED) is 0.517. The molecule has 1 aromatic rings. The van der Waals surface area contributed by atoms with E-state index in [0.717, 1.165) is 16.9 Å². The van der Waals surface area contributed by atoms with Crippen LogP contribution in [0.1, 0.15) is 5.56 Å². The molecule has 1 aromatic carbocycles. The lowest BCUT2D eigenvalue weighted by molar-refractivity contribution is 0.0424. The topological polar surface area (TPSA) is 95.7 Å². The molecule has 2 rings (SSSR count). The number of hydrogen-bond acceptors (Lipinski definition) is 5. The largest absolute Gasteiger partial charge is 0.399 e. The van der Waals surface area contributed by atoms with Gasteiger partial charge in [0.25, 0.3) is 0 Å². The molecule has 0 amide bonds. The molecule has 0 radical (unpaired) electrons. The van der Waals surface area contributed by atoms with Gasteiger partial charge in [-0.1, -0.05) is 0 Å². The van der Waals surface area contributed by atoms with E-state index in [9.17, 15) is 10.2 Å². The molecule has 1 saturated heterocycles. The SMILES string of the molecule is Cc1cc(N2CC(O)C(O)C2CN)ccc1N. The number of nitrogens with zero attached hydrogens (tertiary/aromatic N) is 1. The minimum absolute atomic E-state index is 0.243. The molecule has 1 aliphatic rings. The smallest absolute Gasteiger partial charge is 0.103 e. The number of aryl methyl sites for hydroxylation is 1. The summed E-state index contributed by atoms with van der Waals surface area (Å²) in [6, 6.07) is 5.42. The maximum atomic E-state index is 9.82. The van der Waals surface area contributed by atoms with Gasteiger partial charge in [-0.15, -0.1) is 0 Å². The van der Waals surface area contributed by atoms with Gasteiger partial charge >= 0.3 is 0 Å². The van der Waals surface area contributed by atoms with Crippen molar-refractivity contribution in [3.63, 3.8) is 0 Å². The molecule has 1 heterocycles. The number of hydrogen-bond donors (Lipinski definition) is 4. The molecule has 0 aromatic heterocycles. The second-order valence-electron chi connectivity index (χ2n) is 4.55. The van der Waals surface area contributed by atoms with Crippen molar-refractivity contribution >= 4 is 11.4 Å². The number of nitrogen functional groups attached to an aromatic ring is 1. The van der Waals surface area contributed by atoms with Gasteiger partial charge in [0, 0.05) is 24.5 Å². The van der Waals surface area contributed by atoms with Crippen LogP contribution in [-0.4, -0.2) is 41.6 Å². The molecule has 3 atom stereocenters. The summed E-state index contributed by atoms with van der Waals surface area (Å²) < 4.78 is 0. The molecule has 6 N–H and O–H groups in total. The summed E-state index contributed by atoms with van der Waals surface area (Å²) in [5.74, 6) is 0. The number of nitrogens with two attached hydrogens (primary N) is 2. The lowest BCUT2D eigenvalue weighted by atomic mass is 10.1. The Hall–Kier alpha value is -1.30. The van der Waals surface area contributed by atoms with Crippen LogP contribution in [0.3, 0.4) is 0 Å². The van der Waals surface area contributed by atoms with Crippen molar-refractivity contribution in [3.8, 4) is 0 Å². The highest BCUT2D eigenvalue weighted by Gasteiger charge is 2.38. The number of benzene rings is 1. The average Bonchev–Trinajstić information content (AvgIpc) is 2.59. The molecule has 5 nitrogen and oxygen atoms in total. The summed E-state index contributed by atoms with van der Waals surface area (Å²) in [7, 11) is 0. The molecule has 0 spiro atoms. The summed E-state index contributed by atoms with van der Waals surface area (Å²) in [5.41, 5.74) is 14.1. The Kier molecular flexibility index (Phi) is 3.24. The molecule has 5 heteroatoms. The highest BCUT2D eigenvalue weighted by atomic mass is 16.3. The van der Waals surface area contributed by atoms with Crippen LogP contribution in [0.15, 0.2) is 18.2 Å². The van der Waals surface area contributed by atoms with Gasteiger partial charge in [0.05, 0.1) is 12.1 Å². The van der Waals surface area contributed by atoms with E-state index in [1.165, 1.54) is 0 Å². The zero-order chi connectivity index (χ0) is 12.6. The minimum atomic E-state index is -0.794. The zero-order valence-electron chi connectivity index (χ0n) is 9.87. The van der Waals surface area contributed by atoms with E-state index >= 15 is 0 Å². The third-order valence-corrected chi connectivity index (χ3v) is 3.40. The fourth-order valence-corrected chi connectivity index (χ4v) is 2.29. The molecule has 3 unspecified atom stereocenters. The van der Waals surface area contributed by atoms with E-state index in [2.05, 4.69) is 0 Å². The van der Waals surface area contributed by atoms with E-state index in [1.807, 2.05) is 30.0 Å². The Labute approximate surface area is 101 Å². The molecular formula is C12H19N3O2. The van der Waals surface area contributed by atoms with Gasteiger partial charge in [-0.25, -0.2) is 0 Å². The van der Waals surface area contributed by atoms with Gasteiger partial charge in [0.15, 0.2) is 0 Å². The van der Waals surface area contributed by atoms with Crippen LogP contribution in [0.5, 0.6) is 0 Å². The van der Waals surface area contributed by atoms with Crippen LogP contribution in [0.2, 0.25) is 0 Å². The van der Waals surface area contributed by atoms with Crippen molar-refractivity contribution in [3.05, 3.63) is 23.8 Å². The average molecular weight is 237 g/mol. The number of anilines is 2. The van der Waals surface area contributed by atoms with Gasteiger partial charge in [-0.3, -0.25) is 0 Å².